The van der Waals surface area contributed by atoms with Crippen molar-refractivity contribution in [3.63, 3.8) is 0 Å². The van der Waals surface area contributed by atoms with Crippen LogP contribution in [0.15, 0.2) is 12.1 Å². The highest BCUT2D eigenvalue weighted by molar-refractivity contribution is 6.32. The molecular weight excluding hydrogens is 282 g/mol. The average molecular weight is 298 g/mol. The molecule has 1 N–H and O–H groups in total. The molecule has 1 aromatic carbocycles. The first kappa shape index (κ1) is 14.5. The first-order chi connectivity index (χ1) is 9.62. The Labute approximate surface area is 121 Å². The number of methoxy groups -OCH3 is 2. The quantitative estimate of drug-likeness (QED) is 0.904. The van der Waals surface area contributed by atoms with Crippen LogP contribution in [0.25, 0.3) is 5.69 Å². The summed E-state index contributed by atoms with van der Waals surface area (Å²) in [6.07, 6.45) is 0. The number of ether oxygens (including phenoxy) is 2. The van der Waals surface area contributed by atoms with Crippen molar-refractivity contribution in [1.29, 1.82) is 0 Å². The molecule has 1 heterocycles. The van der Waals surface area contributed by atoms with Gasteiger partial charge in [0.05, 0.1) is 25.3 Å². The second-order valence-corrected chi connectivity index (χ2v) is 4.53. The summed E-state index contributed by atoms with van der Waals surface area (Å²) >= 11 is 6.09. The number of tetrazole rings is 1. The summed E-state index contributed by atoms with van der Waals surface area (Å²) in [5.41, 5.74) is 0.663. The molecule has 20 heavy (non-hydrogen) atoms. The molecule has 0 aliphatic heterocycles. The SMILES string of the molecule is CNC(C)c1nnnn1-c1cc(OC)c(Cl)cc1OC. The van der Waals surface area contributed by atoms with Crippen molar-refractivity contribution >= 4 is 11.6 Å². The van der Waals surface area contributed by atoms with E-state index in [1.807, 2.05) is 14.0 Å². The first-order valence-corrected chi connectivity index (χ1v) is 6.37. The van der Waals surface area contributed by atoms with Crippen molar-refractivity contribution in [1.82, 2.24) is 25.5 Å². The highest BCUT2D eigenvalue weighted by Crippen LogP contribution is 2.35. The molecule has 0 aliphatic carbocycles. The van der Waals surface area contributed by atoms with Crippen LogP contribution in [0.2, 0.25) is 5.02 Å². The van der Waals surface area contributed by atoms with Gasteiger partial charge in [-0.25, -0.2) is 0 Å². The van der Waals surface area contributed by atoms with Crippen LogP contribution in [-0.4, -0.2) is 41.5 Å². The van der Waals surface area contributed by atoms with E-state index >= 15 is 0 Å². The van der Waals surface area contributed by atoms with Gasteiger partial charge in [-0.05, 0) is 24.4 Å². The van der Waals surface area contributed by atoms with Gasteiger partial charge in [0.25, 0.3) is 0 Å². The predicted molar refractivity (Wildman–Crippen MR) is 74.7 cm³/mol. The molecule has 2 aromatic rings. The molecule has 108 valence electrons. The minimum absolute atomic E-state index is 0.0172. The maximum absolute atomic E-state index is 6.09. The van der Waals surface area contributed by atoms with Gasteiger partial charge in [0.1, 0.15) is 17.2 Å². The number of benzene rings is 1. The summed E-state index contributed by atoms with van der Waals surface area (Å²) in [6, 6.07) is 3.39. The lowest BCUT2D eigenvalue weighted by molar-refractivity contribution is 0.399. The van der Waals surface area contributed by atoms with Gasteiger partial charge in [-0.3, -0.25) is 0 Å². The fraction of sp³-hybridized carbons (Fsp3) is 0.417. The van der Waals surface area contributed by atoms with Crippen LogP contribution >= 0.6 is 11.6 Å². The summed E-state index contributed by atoms with van der Waals surface area (Å²) in [7, 11) is 4.95. The second-order valence-electron chi connectivity index (χ2n) is 4.12. The topological polar surface area (TPSA) is 74.1 Å². The van der Waals surface area contributed by atoms with Gasteiger partial charge >= 0.3 is 0 Å². The zero-order valence-corrected chi connectivity index (χ0v) is 12.5. The van der Waals surface area contributed by atoms with Crippen molar-refractivity contribution < 1.29 is 9.47 Å². The second kappa shape index (κ2) is 6.06. The van der Waals surface area contributed by atoms with Gasteiger partial charge in [0.2, 0.25) is 0 Å². The van der Waals surface area contributed by atoms with Crippen LogP contribution in [0.4, 0.5) is 0 Å². The fourth-order valence-electron chi connectivity index (χ4n) is 1.77. The number of halogens is 1. The summed E-state index contributed by atoms with van der Waals surface area (Å²) in [6.45, 7) is 1.96. The maximum atomic E-state index is 6.09. The number of aromatic nitrogens is 4. The predicted octanol–water partition coefficient (Wildman–Crippen LogP) is 1.61. The largest absolute Gasteiger partial charge is 0.495 e. The minimum atomic E-state index is -0.0172. The Kier molecular flexibility index (Phi) is 4.41. The normalized spacial score (nSPS) is 12.2. The molecular formula is C12H16ClN5O2. The van der Waals surface area contributed by atoms with Crippen LogP contribution in [0.1, 0.15) is 18.8 Å². The number of nitrogens with zero attached hydrogens (tertiary/aromatic N) is 4. The lowest BCUT2D eigenvalue weighted by atomic mass is 10.2. The van der Waals surface area contributed by atoms with Crippen molar-refractivity contribution in [3.8, 4) is 17.2 Å². The van der Waals surface area contributed by atoms with Crippen molar-refractivity contribution in [2.45, 2.75) is 13.0 Å². The van der Waals surface area contributed by atoms with E-state index < -0.39 is 0 Å². The third-order valence-corrected chi connectivity index (χ3v) is 3.29. The van der Waals surface area contributed by atoms with E-state index in [0.29, 0.717) is 28.0 Å². The first-order valence-electron chi connectivity index (χ1n) is 5.99. The van der Waals surface area contributed by atoms with Gasteiger partial charge in [-0.2, -0.15) is 4.68 Å². The van der Waals surface area contributed by atoms with Crippen LogP contribution in [0, 0.1) is 0 Å². The van der Waals surface area contributed by atoms with Gasteiger partial charge < -0.3 is 14.8 Å². The zero-order valence-electron chi connectivity index (χ0n) is 11.7. The lowest BCUT2D eigenvalue weighted by Crippen LogP contribution is -2.18. The molecule has 8 heteroatoms. The molecule has 0 radical (unpaired) electrons. The highest BCUT2D eigenvalue weighted by Gasteiger charge is 2.19. The lowest BCUT2D eigenvalue weighted by Gasteiger charge is -2.14. The van der Waals surface area contributed by atoms with E-state index in [1.165, 1.54) is 0 Å². The molecule has 2 rings (SSSR count). The molecule has 1 unspecified atom stereocenters. The Morgan fingerprint density at radius 1 is 1.25 bits per heavy atom. The summed E-state index contributed by atoms with van der Waals surface area (Å²) in [4.78, 5) is 0. The Hall–Kier alpha value is -1.86. The van der Waals surface area contributed by atoms with E-state index in [4.69, 9.17) is 21.1 Å². The van der Waals surface area contributed by atoms with Crippen molar-refractivity contribution in [2.75, 3.05) is 21.3 Å². The van der Waals surface area contributed by atoms with Gasteiger partial charge in [0.15, 0.2) is 5.82 Å². The van der Waals surface area contributed by atoms with Gasteiger partial charge in [-0.15, -0.1) is 5.10 Å². The molecule has 1 atom stereocenters. The van der Waals surface area contributed by atoms with Crippen molar-refractivity contribution in [2.24, 2.45) is 0 Å². The zero-order chi connectivity index (χ0) is 14.7. The molecule has 0 fully saturated rings. The number of nitrogens with one attached hydrogen (secondary N) is 1. The Morgan fingerprint density at radius 3 is 2.55 bits per heavy atom. The van der Waals surface area contributed by atoms with Crippen LogP contribution < -0.4 is 14.8 Å². The smallest absolute Gasteiger partial charge is 0.173 e. The van der Waals surface area contributed by atoms with Crippen LogP contribution in [-0.2, 0) is 0 Å². The molecule has 1 aromatic heterocycles. The van der Waals surface area contributed by atoms with Crippen LogP contribution in [0.3, 0.4) is 0 Å². The number of hydrogen-bond donors (Lipinski definition) is 1. The van der Waals surface area contributed by atoms with E-state index in [-0.39, 0.29) is 6.04 Å². The highest BCUT2D eigenvalue weighted by atomic mass is 35.5. The van der Waals surface area contributed by atoms with E-state index in [2.05, 4.69) is 20.8 Å². The fourth-order valence-corrected chi connectivity index (χ4v) is 2.01. The molecule has 0 aliphatic rings. The van der Waals surface area contributed by atoms with Gasteiger partial charge in [-0.1, -0.05) is 11.6 Å². The third kappa shape index (κ3) is 2.54. The molecule has 0 amide bonds. The molecule has 0 spiro atoms. The monoisotopic (exact) mass is 297 g/mol. The van der Waals surface area contributed by atoms with Gasteiger partial charge in [0, 0.05) is 12.1 Å². The molecule has 7 nitrogen and oxygen atoms in total. The summed E-state index contributed by atoms with van der Waals surface area (Å²) in [5, 5.41) is 15.3. The standard InChI is InChI=1S/C12H16ClN5O2/c1-7(14-2)12-15-16-17-18(12)9-6-10(19-3)8(13)5-11(9)20-4/h5-7,14H,1-4H3. The maximum Gasteiger partial charge on any atom is 0.173 e. The minimum Gasteiger partial charge on any atom is -0.495 e. The van der Waals surface area contributed by atoms with Crippen molar-refractivity contribution in [3.05, 3.63) is 23.0 Å². The number of hydrogen-bond acceptors (Lipinski definition) is 6. The van der Waals surface area contributed by atoms with Crippen LogP contribution in [0.5, 0.6) is 11.5 Å². The Bertz CT molecular complexity index is 602. The summed E-state index contributed by atoms with van der Waals surface area (Å²) < 4.78 is 12.2. The summed E-state index contributed by atoms with van der Waals surface area (Å²) in [5.74, 6) is 1.75. The molecule has 0 saturated heterocycles. The number of rotatable bonds is 5. The Balaban J connectivity index is 2.60. The Morgan fingerprint density at radius 2 is 1.95 bits per heavy atom. The third-order valence-electron chi connectivity index (χ3n) is 3.00. The van der Waals surface area contributed by atoms with E-state index in [1.54, 1.807) is 31.0 Å². The van der Waals surface area contributed by atoms with E-state index in [0.717, 1.165) is 0 Å². The average Bonchev–Trinajstić information content (AvgIpc) is 2.95. The van der Waals surface area contributed by atoms with E-state index in [9.17, 15) is 0 Å². The molecule has 0 bridgehead atoms. The molecule has 0 saturated carbocycles.